The molecule has 0 saturated heterocycles. The lowest BCUT2D eigenvalue weighted by Gasteiger charge is -2.05. The Morgan fingerprint density at radius 1 is 1.22 bits per heavy atom. The van der Waals surface area contributed by atoms with Gasteiger partial charge in [0.15, 0.2) is 0 Å². The molecule has 0 aliphatic carbocycles. The molecule has 2 aromatic rings. The molecule has 0 radical (unpaired) electrons. The summed E-state index contributed by atoms with van der Waals surface area (Å²) in [5.74, 6) is 0. The van der Waals surface area contributed by atoms with Crippen LogP contribution in [0.4, 0.5) is 0 Å². The van der Waals surface area contributed by atoms with E-state index in [0.717, 1.165) is 17.2 Å². The standard InChI is InChI=1S/C15H20N2S/c1-10(2)16-9-14-12(4)17-15(18-14)13-8-6-5-7-11(13)3/h5-8,10,16H,9H2,1-4H3. The van der Waals surface area contributed by atoms with Gasteiger partial charge < -0.3 is 5.32 Å². The van der Waals surface area contributed by atoms with E-state index in [9.17, 15) is 0 Å². The van der Waals surface area contributed by atoms with Gasteiger partial charge in [-0.15, -0.1) is 11.3 Å². The Labute approximate surface area is 113 Å². The van der Waals surface area contributed by atoms with Crippen molar-refractivity contribution in [1.29, 1.82) is 0 Å². The van der Waals surface area contributed by atoms with Crippen LogP contribution >= 0.6 is 11.3 Å². The minimum absolute atomic E-state index is 0.508. The van der Waals surface area contributed by atoms with Gasteiger partial charge in [-0.05, 0) is 19.4 Å². The van der Waals surface area contributed by atoms with Gasteiger partial charge in [-0.3, -0.25) is 0 Å². The minimum atomic E-state index is 0.508. The number of nitrogens with one attached hydrogen (secondary N) is 1. The highest BCUT2D eigenvalue weighted by atomic mass is 32.1. The predicted molar refractivity (Wildman–Crippen MR) is 79.0 cm³/mol. The molecule has 0 fully saturated rings. The van der Waals surface area contributed by atoms with E-state index in [0.29, 0.717) is 6.04 Å². The van der Waals surface area contributed by atoms with E-state index in [1.807, 2.05) is 0 Å². The lowest BCUT2D eigenvalue weighted by atomic mass is 10.1. The van der Waals surface area contributed by atoms with Crippen molar-refractivity contribution in [2.45, 2.75) is 40.3 Å². The van der Waals surface area contributed by atoms with Crippen molar-refractivity contribution in [3.8, 4) is 10.6 Å². The van der Waals surface area contributed by atoms with Crippen LogP contribution in [-0.2, 0) is 6.54 Å². The number of aryl methyl sites for hydroxylation is 2. The van der Waals surface area contributed by atoms with Gasteiger partial charge in [0.05, 0.1) is 5.69 Å². The summed E-state index contributed by atoms with van der Waals surface area (Å²) in [6.45, 7) is 9.47. The van der Waals surface area contributed by atoms with Gasteiger partial charge in [0.25, 0.3) is 0 Å². The van der Waals surface area contributed by atoms with Crippen LogP contribution in [-0.4, -0.2) is 11.0 Å². The van der Waals surface area contributed by atoms with E-state index in [1.54, 1.807) is 11.3 Å². The highest BCUT2D eigenvalue weighted by Crippen LogP contribution is 2.29. The Morgan fingerprint density at radius 2 is 1.94 bits per heavy atom. The maximum absolute atomic E-state index is 4.70. The molecule has 3 heteroatoms. The highest BCUT2D eigenvalue weighted by Gasteiger charge is 2.10. The molecule has 0 amide bonds. The van der Waals surface area contributed by atoms with Crippen molar-refractivity contribution < 1.29 is 0 Å². The van der Waals surface area contributed by atoms with Crippen molar-refractivity contribution in [1.82, 2.24) is 10.3 Å². The summed E-state index contributed by atoms with van der Waals surface area (Å²) in [4.78, 5) is 6.03. The SMILES string of the molecule is Cc1ccccc1-c1nc(C)c(CNC(C)C)s1. The van der Waals surface area contributed by atoms with Crippen LogP contribution < -0.4 is 5.32 Å². The molecule has 0 atom stereocenters. The molecule has 0 bridgehead atoms. The zero-order valence-electron chi connectivity index (χ0n) is 11.4. The third-order valence-electron chi connectivity index (χ3n) is 2.94. The fourth-order valence-corrected chi connectivity index (χ4v) is 2.92. The highest BCUT2D eigenvalue weighted by molar-refractivity contribution is 7.15. The largest absolute Gasteiger partial charge is 0.310 e. The van der Waals surface area contributed by atoms with Gasteiger partial charge in [-0.25, -0.2) is 4.98 Å². The van der Waals surface area contributed by atoms with Crippen molar-refractivity contribution in [2.75, 3.05) is 0 Å². The van der Waals surface area contributed by atoms with Crippen molar-refractivity contribution in [3.63, 3.8) is 0 Å². The van der Waals surface area contributed by atoms with Gasteiger partial charge in [0, 0.05) is 23.0 Å². The predicted octanol–water partition coefficient (Wildman–Crippen LogP) is 3.92. The molecule has 96 valence electrons. The summed E-state index contributed by atoms with van der Waals surface area (Å²) in [7, 11) is 0. The molecule has 0 aliphatic heterocycles. The first-order valence-corrected chi connectivity index (χ1v) is 7.15. The Bertz CT molecular complexity index is 529. The van der Waals surface area contributed by atoms with E-state index in [1.165, 1.54) is 16.0 Å². The van der Waals surface area contributed by atoms with E-state index in [-0.39, 0.29) is 0 Å². The molecule has 0 spiro atoms. The summed E-state index contributed by atoms with van der Waals surface area (Å²) in [5, 5.41) is 4.58. The monoisotopic (exact) mass is 260 g/mol. The van der Waals surface area contributed by atoms with Crippen LogP contribution in [0, 0.1) is 13.8 Å². The zero-order chi connectivity index (χ0) is 13.1. The Balaban J connectivity index is 2.26. The fourth-order valence-electron chi connectivity index (χ4n) is 1.82. The van der Waals surface area contributed by atoms with Crippen LogP contribution in [0.2, 0.25) is 0 Å². The molecule has 1 heterocycles. The summed E-state index contributed by atoms with van der Waals surface area (Å²) in [5.41, 5.74) is 3.68. The molecule has 0 unspecified atom stereocenters. The minimum Gasteiger partial charge on any atom is -0.310 e. The number of hydrogen-bond acceptors (Lipinski definition) is 3. The van der Waals surface area contributed by atoms with E-state index < -0.39 is 0 Å². The third kappa shape index (κ3) is 2.98. The quantitative estimate of drug-likeness (QED) is 0.901. The summed E-state index contributed by atoms with van der Waals surface area (Å²) in [6, 6.07) is 8.94. The van der Waals surface area contributed by atoms with Crippen LogP contribution in [0.25, 0.3) is 10.6 Å². The number of thiazole rings is 1. The summed E-state index contributed by atoms with van der Waals surface area (Å²) in [6.07, 6.45) is 0. The van der Waals surface area contributed by atoms with E-state index in [2.05, 4.69) is 57.3 Å². The summed E-state index contributed by atoms with van der Waals surface area (Å²) >= 11 is 1.80. The second-order valence-corrected chi connectivity index (χ2v) is 5.96. The molecular weight excluding hydrogens is 240 g/mol. The maximum atomic E-state index is 4.70. The van der Waals surface area contributed by atoms with Crippen molar-refractivity contribution in [3.05, 3.63) is 40.4 Å². The molecule has 1 aromatic heterocycles. The lowest BCUT2D eigenvalue weighted by molar-refractivity contribution is 0.591. The molecule has 18 heavy (non-hydrogen) atoms. The van der Waals surface area contributed by atoms with Crippen LogP contribution in [0.1, 0.15) is 30.0 Å². The average molecular weight is 260 g/mol. The number of aromatic nitrogens is 1. The second kappa shape index (κ2) is 5.63. The van der Waals surface area contributed by atoms with Gasteiger partial charge >= 0.3 is 0 Å². The van der Waals surface area contributed by atoms with Crippen LogP contribution in [0.3, 0.4) is 0 Å². The van der Waals surface area contributed by atoms with Gasteiger partial charge in [0.1, 0.15) is 5.01 Å². The van der Waals surface area contributed by atoms with E-state index in [4.69, 9.17) is 4.98 Å². The molecular formula is C15H20N2S. The maximum Gasteiger partial charge on any atom is 0.124 e. The molecule has 2 rings (SSSR count). The first kappa shape index (κ1) is 13.2. The molecule has 1 aromatic carbocycles. The van der Waals surface area contributed by atoms with Gasteiger partial charge in [-0.2, -0.15) is 0 Å². The van der Waals surface area contributed by atoms with Crippen molar-refractivity contribution >= 4 is 11.3 Å². The molecule has 0 aliphatic rings. The van der Waals surface area contributed by atoms with Crippen molar-refractivity contribution in [2.24, 2.45) is 0 Å². The topological polar surface area (TPSA) is 24.9 Å². The Kier molecular flexibility index (Phi) is 4.15. The first-order chi connectivity index (χ1) is 8.58. The normalized spacial score (nSPS) is 11.2. The summed E-state index contributed by atoms with van der Waals surface area (Å²) < 4.78 is 0. The zero-order valence-corrected chi connectivity index (χ0v) is 12.3. The van der Waals surface area contributed by atoms with Gasteiger partial charge in [-0.1, -0.05) is 38.1 Å². The Hall–Kier alpha value is -1.19. The number of benzene rings is 1. The molecule has 2 nitrogen and oxygen atoms in total. The third-order valence-corrected chi connectivity index (χ3v) is 4.13. The smallest absolute Gasteiger partial charge is 0.124 e. The number of rotatable bonds is 4. The van der Waals surface area contributed by atoms with E-state index >= 15 is 0 Å². The molecule has 0 saturated carbocycles. The Morgan fingerprint density at radius 3 is 2.61 bits per heavy atom. The lowest BCUT2D eigenvalue weighted by Crippen LogP contribution is -2.21. The second-order valence-electron chi connectivity index (χ2n) is 4.88. The first-order valence-electron chi connectivity index (χ1n) is 6.33. The van der Waals surface area contributed by atoms with Gasteiger partial charge in [0.2, 0.25) is 0 Å². The number of hydrogen-bond donors (Lipinski definition) is 1. The van der Waals surface area contributed by atoms with Crippen LogP contribution in [0.15, 0.2) is 24.3 Å². The number of nitrogens with zero attached hydrogens (tertiary/aromatic N) is 1. The fraction of sp³-hybridized carbons (Fsp3) is 0.400. The molecule has 1 N–H and O–H groups in total. The average Bonchev–Trinajstić information content (AvgIpc) is 2.68. The van der Waals surface area contributed by atoms with Crippen LogP contribution in [0.5, 0.6) is 0 Å².